The average molecular weight is 159 g/mol. The van der Waals surface area contributed by atoms with Gasteiger partial charge in [0.15, 0.2) is 0 Å². The Kier molecular flexibility index (Phi) is 2.36. The van der Waals surface area contributed by atoms with E-state index in [1.165, 1.54) is 0 Å². The van der Waals surface area contributed by atoms with Gasteiger partial charge in [0.25, 0.3) is 0 Å². The second kappa shape index (κ2) is 2.93. The summed E-state index contributed by atoms with van der Waals surface area (Å²) >= 11 is 1.74. The van der Waals surface area contributed by atoms with Crippen LogP contribution < -0.4 is 0 Å². The fraction of sp³-hybridized carbons (Fsp3) is 0.857. The SMILES string of the molecule is CCC1(CO)N=C(C)CS1. The molecule has 0 aromatic heterocycles. The molecule has 1 unspecified atom stereocenters. The lowest BCUT2D eigenvalue weighted by atomic mass is 10.2. The molecule has 0 bridgehead atoms. The number of rotatable bonds is 2. The molecule has 0 fully saturated rings. The summed E-state index contributed by atoms with van der Waals surface area (Å²) in [5.74, 6) is 0.981. The molecule has 0 saturated carbocycles. The molecule has 10 heavy (non-hydrogen) atoms. The molecular weight excluding hydrogens is 146 g/mol. The number of hydrogen-bond donors (Lipinski definition) is 1. The van der Waals surface area contributed by atoms with Gasteiger partial charge in [0.05, 0.1) is 6.61 Å². The zero-order valence-corrected chi connectivity index (χ0v) is 7.24. The van der Waals surface area contributed by atoms with Crippen LogP contribution in [0.1, 0.15) is 20.3 Å². The standard InChI is InChI=1S/C7H13NOS/c1-3-7(5-9)8-6(2)4-10-7/h9H,3-5H2,1-2H3. The Bertz CT molecular complexity index is 152. The average Bonchev–Trinajstić information content (AvgIpc) is 2.33. The van der Waals surface area contributed by atoms with Crippen LogP contribution in [0, 0.1) is 0 Å². The zero-order valence-electron chi connectivity index (χ0n) is 6.42. The van der Waals surface area contributed by atoms with Crippen molar-refractivity contribution >= 4 is 17.5 Å². The summed E-state index contributed by atoms with van der Waals surface area (Å²) in [5.41, 5.74) is 1.15. The van der Waals surface area contributed by atoms with Gasteiger partial charge in [-0.2, -0.15) is 0 Å². The third kappa shape index (κ3) is 1.35. The van der Waals surface area contributed by atoms with E-state index in [0.717, 1.165) is 17.9 Å². The third-order valence-corrected chi connectivity index (χ3v) is 3.35. The maximum absolute atomic E-state index is 9.01. The Balaban J connectivity index is 2.68. The first kappa shape index (κ1) is 8.08. The van der Waals surface area contributed by atoms with Crippen LogP contribution in [0.15, 0.2) is 4.99 Å². The van der Waals surface area contributed by atoms with E-state index >= 15 is 0 Å². The highest BCUT2D eigenvalue weighted by Crippen LogP contribution is 2.35. The minimum absolute atomic E-state index is 0.172. The molecule has 3 heteroatoms. The molecule has 0 aromatic carbocycles. The molecule has 1 N–H and O–H groups in total. The van der Waals surface area contributed by atoms with Crippen LogP contribution in [0.2, 0.25) is 0 Å². The smallest absolute Gasteiger partial charge is 0.129 e. The maximum Gasteiger partial charge on any atom is 0.129 e. The van der Waals surface area contributed by atoms with Crippen molar-refractivity contribution in [2.45, 2.75) is 25.1 Å². The van der Waals surface area contributed by atoms with E-state index in [1.807, 2.05) is 6.92 Å². The van der Waals surface area contributed by atoms with Crippen molar-refractivity contribution in [1.29, 1.82) is 0 Å². The van der Waals surface area contributed by atoms with Crippen LogP contribution in [0.25, 0.3) is 0 Å². The van der Waals surface area contributed by atoms with E-state index < -0.39 is 0 Å². The predicted octanol–water partition coefficient (Wildman–Crippen LogP) is 1.29. The lowest BCUT2D eigenvalue weighted by Gasteiger charge is -2.19. The van der Waals surface area contributed by atoms with Gasteiger partial charge < -0.3 is 5.11 Å². The van der Waals surface area contributed by atoms with Gasteiger partial charge >= 0.3 is 0 Å². The topological polar surface area (TPSA) is 32.6 Å². The molecule has 1 rings (SSSR count). The monoisotopic (exact) mass is 159 g/mol. The number of thioether (sulfide) groups is 1. The summed E-state index contributed by atoms with van der Waals surface area (Å²) in [5, 5.41) is 9.01. The van der Waals surface area contributed by atoms with Crippen molar-refractivity contribution in [2.24, 2.45) is 4.99 Å². The Hall–Kier alpha value is -0.0200. The summed E-state index contributed by atoms with van der Waals surface area (Å²) in [6.45, 7) is 4.25. The Morgan fingerprint density at radius 2 is 2.50 bits per heavy atom. The van der Waals surface area contributed by atoms with Crippen molar-refractivity contribution in [3.63, 3.8) is 0 Å². The van der Waals surface area contributed by atoms with Crippen LogP contribution in [0.3, 0.4) is 0 Å². The van der Waals surface area contributed by atoms with Crippen molar-refractivity contribution in [3.8, 4) is 0 Å². The van der Waals surface area contributed by atoms with Crippen LogP contribution in [-0.2, 0) is 0 Å². The molecule has 0 amide bonds. The molecule has 1 atom stereocenters. The third-order valence-electron chi connectivity index (χ3n) is 1.74. The summed E-state index contributed by atoms with van der Waals surface area (Å²) in [6, 6.07) is 0. The van der Waals surface area contributed by atoms with E-state index in [0.29, 0.717) is 0 Å². The minimum Gasteiger partial charge on any atom is -0.393 e. The molecule has 0 saturated heterocycles. The van der Waals surface area contributed by atoms with Gasteiger partial charge in [0.1, 0.15) is 4.87 Å². The van der Waals surface area contributed by atoms with Crippen molar-refractivity contribution in [3.05, 3.63) is 0 Å². The van der Waals surface area contributed by atoms with Crippen molar-refractivity contribution < 1.29 is 5.11 Å². The van der Waals surface area contributed by atoms with Crippen molar-refractivity contribution in [1.82, 2.24) is 0 Å². The summed E-state index contributed by atoms with van der Waals surface area (Å²) in [7, 11) is 0. The molecule has 0 aromatic rings. The van der Waals surface area contributed by atoms with Crippen LogP contribution in [-0.4, -0.2) is 28.0 Å². The van der Waals surface area contributed by atoms with Gasteiger partial charge in [-0.1, -0.05) is 6.92 Å². The second-order valence-corrected chi connectivity index (χ2v) is 3.93. The molecule has 58 valence electrons. The van der Waals surface area contributed by atoms with E-state index in [1.54, 1.807) is 11.8 Å². The number of nitrogens with zero attached hydrogens (tertiary/aromatic N) is 1. The Labute approximate surface area is 65.7 Å². The number of aliphatic hydroxyl groups excluding tert-OH is 1. The highest BCUT2D eigenvalue weighted by molar-refractivity contribution is 8.01. The van der Waals surface area contributed by atoms with E-state index in [9.17, 15) is 0 Å². The highest BCUT2D eigenvalue weighted by atomic mass is 32.2. The summed E-state index contributed by atoms with van der Waals surface area (Å²) in [4.78, 5) is 4.20. The lowest BCUT2D eigenvalue weighted by molar-refractivity contribution is 0.249. The molecule has 1 aliphatic heterocycles. The Morgan fingerprint density at radius 3 is 2.70 bits per heavy atom. The molecule has 0 spiro atoms. The van der Waals surface area contributed by atoms with Gasteiger partial charge in [0, 0.05) is 11.5 Å². The molecule has 2 nitrogen and oxygen atoms in total. The highest BCUT2D eigenvalue weighted by Gasteiger charge is 2.31. The summed E-state index contributed by atoms with van der Waals surface area (Å²) < 4.78 is 0. The lowest BCUT2D eigenvalue weighted by Crippen LogP contribution is -2.23. The van der Waals surface area contributed by atoms with Gasteiger partial charge in [-0.15, -0.1) is 11.8 Å². The second-order valence-electron chi connectivity index (χ2n) is 2.59. The fourth-order valence-corrected chi connectivity index (χ4v) is 2.08. The Morgan fingerprint density at radius 1 is 1.80 bits per heavy atom. The predicted molar refractivity (Wildman–Crippen MR) is 45.7 cm³/mol. The number of aliphatic hydroxyl groups is 1. The minimum atomic E-state index is -0.190. The molecule has 1 heterocycles. The molecule has 0 radical (unpaired) electrons. The normalized spacial score (nSPS) is 32.5. The number of hydrogen-bond acceptors (Lipinski definition) is 3. The summed E-state index contributed by atoms with van der Waals surface area (Å²) in [6.07, 6.45) is 0.922. The van der Waals surface area contributed by atoms with Gasteiger partial charge in [-0.25, -0.2) is 0 Å². The van der Waals surface area contributed by atoms with Crippen LogP contribution in [0.5, 0.6) is 0 Å². The van der Waals surface area contributed by atoms with E-state index in [4.69, 9.17) is 5.11 Å². The van der Waals surface area contributed by atoms with Crippen molar-refractivity contribution in [2.75, 3.05) is 12.4 Å². The zero-order chi connectivity index (χ0) is 7.61. The molecule has 0 aliphatic carbocycles. The van der Waals surface area contributed by atoms with Gasteiger partial charge in [-0.3, -0.25) is 4.99 Å². The molecule has 1 aliphatic rings. The van der Waals surface area contributed by atoms with Crippen LogP contribution >= 0.6 is 11.8 Å². The quantitative estimate of drug-likeness (QED) is 0.658. The first-order valence-corrected chi connectivity index (χ1v) is 4.51. The van der Waals surface area contributed by atoms with Gasteiger partial charge in [0.2, 0.25) is 0 Å². The first-order chi connectivity index (χ1) is 4.72. The van der Waals surface area contributed by atoms with E-state index in [2.05, 4.69) is 11.9 Å². The maximum atomic E-state index is 9.01. The first-order valence-electron chi connectivity index (χ1n) is 3.52. The van der Waals surface area contributed by atoms with Crippen LogP contribution in [0.4, 0.5) is 0 Å². The molecular formula is C7H13NOS. The van der Waals surface area contributed by atoms with Gasteiger partial charge in [-0.05, 0) is 13.3 Å². The number of aliphatic imine (C=N–C) groups is 1. The van der Waals surface area contributed by atoms with E-state index in [-0.39, 0.29) is 11.5 Å². The largest absolute Gasteiger partial charge is 0.393 e. The fourth-order valence-electron chi connectivity index (χ4n) is 1.03.